The molecule has 0 radical (unpaired) electrons. The number of benzene rings is 2. The molecule has 0 atom stereocenters. The first-order valence-electron chi connectivity index (χ1n) is 9.94. The molecule has 0 aromatic heterocycles. The SMILES string of the molecule is CCOC(=O)c1ccc(CC2CCCCC2)c(NCc2cccc(Cl)c2)c1. The van der Waals surface area contributed by atoms with Crippen LogP contribution in [0.5, 0.6) is 0 Å². The monoisotopic (exact) mass is 385 g/mol. The molecule has 27 heavy (non-hydrogen) atoms. The molecule has 0 aliphatic heterocycles. The molecule has 1 N–H and O–H groups in total. The average Bonchev–Trinajstić information content (AvgIpc) is 2.68. The molecule has 0 unspecified atom stereocenters. The summed E-state index contributed by atoms with van der Waals surface area (Å²) in [6, 6.07) is 13.8. The topological polar surface area (TPSA) is 38.3 Å². The van der Waals surface area contributed by atoms with Gasteiger partial charge in [0.1, 0.15) is 0 Å². The van der Waals surface area contributed by atoms with Gasteiger partial charge in [-0.1, -0.05) is 61.9 Å². The van der Waals surface area contributed by atoms with Crippen LogP contribution in [0.3, 0.4) is 0 Å². The number of carbonyl (C=O) groups excluding carboxylic acids is 1. The third-order valence-electron chi connectivity index (χ3n) is 5.23. The van der Waals surface area contributed by atoms with E-state index in [1.165, 1.54) is 37.7 Å². The summed E-state index contributed by atoms with van der Waals surface area (Å²) in [4.78, 5) is 12.1. The Bertz CT molecular complexity index is 769. The zero-order chi connectivity index (χ0) is 19.1. The normalized spacial score (nSPS) is 14.7. The van der Waals surface area contributed by atoms with Crippen LogP contribution in [0.25, 0.3) is 0 Å². The number of nitrogens with one attached hydrogen (secondary N) is 1. The number of halogens is 1. The second-order valence-corrected chi connectivity index (χ2v) is 7.72. The van der Waals surface area contributed by atoms with Crippen molar-refractivity contribution in [3.8, 4) is 0 Å². The van der Waals surface area contributed by atoms with E-state index in [9.17, 15) is 4.79 Å². The summed E-state index contributed by atoms with van der Waals surface area (Å²) in [7, 11) is 0. The molecule has 0 bridgehead atoms. The number of esters is 1. The smallest absolute Gasteiger partial charge is 0.338 e. The van der Waals surface area contributed by atoms with Crippen molar-refractivity contribution in [3.63, 3.8) is 0 Å². The molecule has 0 heterocycles. The zero-order valence-corrected chi connectivity index (χ0v) is 16.7. The minimum atomic E-state index is -0.271. The molecule has 3 rings (SSSR count). The Morgan fingerprint density at radius 2 is 1.96 bits per heavy atom. The largest absolute Gasteiger partial charge is 0.462 e. The second-order valence-electron chi connectivity index (χ2n) is 7.28. The maximum atomic E-state index is 12.1. The van der Waals surface area contributed by atoms with Gasteiger partial charge in [-0.15, -0.1) is 0 Å². The average molecular weight is 386 g/mol. The van der Waals surface area contributed by atoms with Crippen molar-refractivity contribution in [2.45, 2.75) is 52.0 Å². The summed E-state index contributed by atoms with van der Waals surface area (Å²) in [5, 5.41) is 4.25. The lowest BCUT2D eigenvalue weighted by Crippen LogP contribution is -2.12. The van der Waals surface area contributed by atoms with Gasteiger partial charge < -0.3 is 10.1 Å². The van der Waals surface area contributed by atoms with Gasteiger partial charge in [0.15, 0.2) is 0 Å². The maximum absolute atomic E-state index is 12.1. The van der Waals surface area contributed by atoms with Crippen LogP contribution < -0.4 is 5.32 Å². The molecule has 0 amide bonds. The van der Waals surface area contributed by atoms with Gasteiger partial charge in [0.2, 0.25) is 0 Å². The van der Waals surface area contributed by atoms with Crippen LogP contribution in [0.4, 0.5) is 5.69 Å². The third kappa shape index (κ3) is 5.74. The van der Waals surface area contributed by atoms with Crippen LogP contribution in [0.1, 0.15) is 60.5 Å². The van der Waals surface area contributed by atoms with E-state index in [1.807, 2.05) is 37.3 Å². The van der Waals surface area contributed by atoms with E-state index in [4.69, 9.17) is 16.3 Å². The molecule has 4 heteroatoms. The van der Waals surface area contributed by atoms with Gasteiger partial charge in [0, 0.05) is 17.3 Å². The molecule has 2 aromatic carbocycles. The van der Waals surface area contributed by atoms with Crippen LogP contribution in [0, 0.1) is 5.92 Å². The van der Waals surface area contributed by atoms with E-state index in [0.29, 0.717) is 18.7 Å². The third-order valence-corrected chi connectivity index (χ3v) is 5.46. The minimum absolute atomic E-state index is 0.271. The molecule has 0 spiro atoms. The van der Waals surface area contributed by atoms with Gasteiger partial charge in [0.05, 0.1) is 12.2 Å². The molecule has 1 aliphatic carbocycles. The summed E-state index contributed by atoms with van der Waals surface area (Å²) < 4.78 is 5.17. The van der Waals surface area contributed by atoms with Crippen molar-refractivity contribution >= 4 is 23.3 Å². The van der Waals surface area contributed by atoms with Crippen molar-refractivity contribution in [1.82, 2.24) is 0 Å². The molecular weight excluding hydrogens is 358 g/mol. The maximum Gasteiger partial charge on any atom is 0.338 e. The Kier molecular flexibility index (Phi) is 7.17. The molecule has 3 nitrogen and oxygen atoms in total. The first-order valence-corrected chi connectivity index (χ1v) is 10.3. The van der Waals surface area contributed by atoms with Gasteiger partial charge in [-0.05, 0) is 54.7 Å². The van der Waals surface area contributed by atoms with Gasteiger partial charge >= 0.3 is 5.97 Å². The lowest BCUT2D eigenvalue weighted by molar-refractivity contribution is 0.0526. The Hall–Kier alpha value is -2.00. The molecule has 1 aliphatic rings. The highest BCUT2D eigenvalue weighted by Crippen LogP contribution is 2.30. The molecule has 144 valence electrons. The standard InChI is InChI=1S/C23H28ClNO2/c1-2-27-23(26)20-12-11-19(13-17-7-4-3-5-8-17)22(15-20)25-16-18-9-6-10-21(24)14-18/h6,9-12,14-15,17,25H,2-5,7-8,13,16H2,1H3. The van der Waals surface area contributed by atoms with Crippen LogP contribution in [-0.4, -0.2) is 12.6 Å². The molecule has 0 saturated heterocycles. The van der Waals surface area contributed by atoms with Gasteiger partial charge in [0.25, 0.3) is 0 Å². The predicted molar refractivity (Wildman–Crippen MR) is 111 cm³/mol. The van der Waals surface area contributed by atoms with Gasteiger partial charge in [-0.2, -0.15) is 0 Å². The summed E-state index contributed by atoms with van der Waals surface area (Å²) in [6.45, 7) is 2.88. The molecule has 2 aromatic rings. The zero-order valence-electron chi connectivity index (χ0n) is 16.0. The van der Waals surface area contributed by atoms with E-state index >= 15 is 0 Å². The van der Waals surface area contributed by atoms with E-state index in [1.54, 1.807) is 0 Å². The molecule has 1 saturated carbocycles. The number of carbonyl (C=O) groups is 1. The first-order chi connectivity index (χ1) is 13.2. The first kappa shape index (κ1) is 19.8. The lowest BCUT2D eigenvalue weighted by atomic mass is 9.84. The number of hydrogen-bond acceptors (Lipinski definition) is 3. The Labute approximate surface area is 167 Å². The van der Waals surface area contributed by atoms with Crippen molar-refractivity contribution in [2.75, 3.05) is 11.9 Å². The van der Waals surface area contributed by atoms with E-state index < -0.39 is 0 Å². The molecule has 1 fully saturated rings. The Morgan fingerprint density at radius 3 is 2.70 bits per heavy atom. The summed E-state index contributed by atoms with van der Waals surface area (Å²) >= 11 is 6.10. The van der Waals surface area contributed by atoms with Crippen LogP contribution in [-0.2, 0) is 17.7 Å². The fourth-order valence-corrected chi connectivity index (χ4v) is 4.02. The predicted octanol–water partition coefficient (Wildman–Crippen LogP) is 6.25. The second kappa shape index (κ2) is 9.80. The summed E-state index contributed by atoms with van der Waals surface area (Å²) in [5.74, 6) is 0.464. The lowest BCUT2D eigenvalue weighted by Gasteiger charge is -2.23. The van der Waals surface area contributed by atoms with E-state index in [-0.39, 0.29) is 5.97 Å². The van der Waals surface area contributed by atoms with Crippen molar-refractivity contribution in [2.24, 2.45) is 5.92 Å². The van der Waals surface area contributed by atoms with Crippen LogP contribution in [0.15, 0.2) is 42.5 Å². The number of hydrogen-bond donors (Lipinski definition) is 1. The van der Waals surface area contributed by atoms with Crippen molar-refractivity contribution in [3.05, 3.63) is 64.2 Å². The highest BCUT2D eigenvalue weighted by atomic mass is 35.5. The quantitative estimate of drug-likeness (QED) is 0.572. The summed E-state index contributed by atoms with van der Waals surface area (Å²) in [5.41, 5.74) is 4.01. The van der Waals surface area contributed by atoms with Gasteiger partial charge in [-0.25, -0.2) is 4.79 Å². The molecular formula is C23H28ClNO2. The Morgan fingerprint density at radius 1 is 1.15 bits per heavy atom. The number of ether oxygens (including phenoxy) is 1. The fourth-order valence-electron chi connectivity index (χ4n) is 3.81. The highest BCUT2D eigenvalue weighted by molar-refractivity contribution is 6.30. The minimum Gasteiger partial charge on any atom is -0.462 e. The van der Waals surface area contributed by atoms with E-state index in [0.717, 1.165) is 28.6 Å². The highest BCUT2D eigenvalue weighted by Gasteiger charge is 2.17. The Balaban J connectivity index is 1.79. The summed E-state index contributed by atoms with van der Waals surface area (Å²) in [6.07, 6.45) is 7.67. The fraction of sp³-hybridized carbons (Fsp3) is 0.435. The number of rotatable bonds is 7. The van der Waals surface area contributed by atoms with Crippen molar-refractivity contribution < 1.29 is 9.53 Å². The van der Waals surface area contributed by atoms with Crippen molar-refractivity contribution in [1.29, 1.82) is 0 Å². The van der Waals surface area contributed by atoms with Gasteiger partial charge in [-0.3, -0.25) is 0 Å². The number of anilines is 1. The van der Waals surface area contributed by atoms with Crippen LogP contribution in [0.2, 0.25) is 5.02 Å². The van der Waals surface area contributed by atoms with E-state index in [2.05, 4.69) is 17.4 Å². The van der Waals surface area contributed by atoms with Crippen LogP contribution >= 0.6 is 11.6 Å².